The number of rotatable bonds is 3. The molecule has 0 aliphatic carbocycles. The van der Waals surface area contributed by atoms with Crippen LogP contribution in [0.25, 0.3) is 22.1 Å². The van der Waals surface area contributed by atoms with Crippen LogP contribution in [0.5, 0.6) is 0 Å². The Morgan fingerprint density at radius 3 is 3.12 bits per heavy atom. The molecular weight excluding hydrogens is 360 g/mol. The normalized spacial score (nSPS) is 11.8. The molecule has 0 radical (unpaired) electrons. The molecule has 9 heteroatoms. The maximum Gasteiger partial charge on any atom is 0.248 e. The van der Waals surface area contributed by atoms with Gasteiger partial charge in [-0.15, -0.1) is 11.3 Å². The number of carbonyl (C=O) groups is 1. The number of amides is 1. The number of halogens is 1. The number of aromatic nitrogens is 5. The Balaban J connectivity index is 1.57. The molecule has 0 spiro atoms. The van der Waals surface area contributed by atoms with E-state index in [1.807, 2.05) is 36.0 Å². The van der Waals surface area contributed by atoms with Gasteiger partial charge in [0.05, 0.1) is 23.3 Å². The third-order valence-electron chi connectivity index (χ3n) is 3.78. The predicted octanol–water partition coefficient (Wildman–Crippen LogP) is 3.29. The summed E-state index contributed by atoms with van der Waals surface area (Å²) in [6.07, 6.45) is 6.54. The number of hydrogen-bond donors (Lipinski definition) is 1. The molecule has 0 atom stereocenters. The Morgan fingerprint density at radius 2 is 2.28 bits per heavy atom. The van der Waals surface area contributed by atoms with Crippen molar-refractivity contribution < 1.29 is 4.79 Å². The van der Waals surface area contributed by atoms with Crippen LogP contribution in [0.15, 0.2) is 29.9 Å². The van der Waals surface area contributed by atoms with Crippen LogP contribution in [0.1, 0.15) is 11.4 Å². The Kier molecular flexibility index (Phi) is 3.78. The number of aryl methyl sites for hydroxylation is 2. The quantitative estimate of drug-likeness (QED) is 0.560. The van der Waals surface area contributed by atoms with E-state index < -0.39 is 0 Å². The lowest BCUT2D eigenvalue weighted by Crippen LogP contribution is -2.08. The molecule has 4 aromatic rings. The lowest BCUT2D eigenvalue weighted by atomic mass is 10.2. The smallest absolute Gasteiger partial charge is 0.248 e. The third kappa shape index (κ3) is 2.79. The van der Waals surface area contributed by atoms with E-state index in [1.165, 1.54) is 17.4 Å². The van der Waals surface area contributed by atoms with Crippen molar-refractivity contribution in [1.29, 1.82) is 0 Å². The summed E-state index contributed by atoms with van der Waals surface area (Å²) >= 11 is 7.59. The lowest BCUT2D eigenvalue weighted by molar-refractivity contribution is -0.111. The van der Waals surface area contributed by atoms with E-state index in [2.05, 4.69) is 20.4 Å². The van der Waals surface area contributed by atoms with Crippen LogP contribution in [-0.4, -0.2) is 30.1 Å². The highest BCUT2D eigenvalue weighted by Crippen LogP contribution is 2.23. The number of anilines is 1. The van der Waals surface area contributed by atoms with Crippen molar-refractivity contribution in [2.24, 2.45) is 7.05 Å². The standard InChI is InChI=1S/C16H13ClN6OS/c1-9-11-7-10(8-18-15(11)22(2)21-9)19-13(24)4-3-12-14(17)20-16-23(12)5-6-25-16/h3-8H,1-2H3,(H,19,24)/b4-3+. The summed E-state index contributed by atoms with van der Waals surface area (Å²) in [4.78, 5) is 21.6. The lowest BCUT2D eigenvalue weighted by Gasteiger charge is -2.02. The number of fused-ring (bicyclic) bond motifs is 2. The number of thiazole rings is 1. The van der Waals surface area contributed by atoms with Crippen molar-refractivity contribution in [3.8, 4) is 0 Å². The molecule has 0 aromatic carbocycles. The second-order valence-corrected chi connectivity index (χ2v) is 6.70. The molecular formula is C16H13ClN6OS. The average molecular weight is 373 g/mol. The van der Waals surface area contributed by atoms with Gasteiger partial charge in [-0.05, 0) is 19.1 Å². The Bertz CT molecular complexity index is 1140. The van der Waals surface area contributed by atoms with Crippen molar-refractivity contribution in [3.05, 3.63) is 46.5 Å². The highest BCUT2D eigenvalue weighted by Gasteiger charge is 2.10. The van der Waals surface area contributed by atoms with Crippen molar-refractivity contribution in [3.63, 3.8) is 0 Å². The van der Waals surface area contributed by atoms with E-state index in [-0.39, 0.29) is 5.91 Å². The summed E-state index contributed by atoms with van der Waals surface area (Å²) in [5.41, 5.74) is 2.92. The fourth-order valence-corrected chi connectivity index (χ4v) is 3.65. The summed E-state index contributed by atoms with van der Waals surface area (Å²) in [5.74, 6) is -0.274. The highest BCUT2D eigenvalue weighted by molar-refractivity contribution is 7.15. The first-order valence-electron chi connectivity index (χ1n) is 7.42. The molecule has 0 bridgehead atoms. The van der Waals surface area contributed by atoms with Gasteiger partial charge in [-0.1, -0.05) is 11.6 Å². The van der Waals surface area contributed by atoms with Gasteiger partial charge in [-0.25, -0.2) is 9.97 Å². The number of hydrogen-bond acceptors (Lipinski definition) is 5. The van der Waals surface area contributed by atoms with E-state index >= 15 is 0 Å². The van der Waals surface area contributed by atoms with Crippen LogP contribution in [0.3, 0.4) is 0 Å². The molecule has 4 rings (SSSR count). The van der Waals surface area contributed by atoms with E-state index in [1.54, 1.807) is 17.0 Å². The first-order chi connectivity index (χ1) is 12.0. The maximum absolute atomic E-state index is 12.2. The number of pyridine rings is 1. The van der Waals surface area contributed by atoms with Crippen molar-refractivity contribution in [2.45, 2.75) is 6.92 Å². The molecule has 25 heavy (non-hydrogen) atoms. The number of carbonyl (C=O) groups excluding carboxylic acids is 1. The summed E-state index contributed by atoms with van der Waals surface area (Å²) < 4.78 is 3.55. The minimum atomic E-state index is -0.274. The fourth-order valence-electron chi connectivity index (χ4n) is 2.64. The van der Waals surface area contributed by atoms with E-state index in [9.17, 15) is 4.79 Å². The average Bonchev–Trinajstić information content (AvgIpc) is 3.20. The molecule has 1 amide bonds. The molecule has 1 N–H and O–H groups in total. The van der Waals surface area contributed by atoms with Gasteiger partial charge in [0, 0.05) is 30.1 Å². The van der Waals surface area contributed by atoms with Crippen LogP contribution < -0.4 is 5.32 Å². The zero-order valence-corrected chi connectivity index (χ0v) is 15.0. The van der Waals surface area contributed by atoms with Crippen molar-refractivity contribution in [1.82, 2.24) is 24.1 Å². The minimum absolute atomic E-state index is 0.274. The van der Waals surface area contributed by atoms with Crippen LogP contribution in [0, 0.1) is 6.92 Å². The Labute approximate surface area is 151 Å². The van der Waals surface area contributed by atoms with Crippen LogP contribution in [0.4, 0.5) is 5.69 Å². The molecule has 0 aliphatic heterocycles. The molecule has 7 nitrogen and oxygen atoms in total. The Hall–Kier alpha value is -2.71. The van der Waals surface area contributed by atoms with Gasteiger partial charge in [0.2, 0.25) is 5.91 Å². The second kappa shape index (κ2) is 5.98. The first kappa shape index (κ1) is 15.8. The molecule has 0 aliphatic rings. The number of nitrogens with zero attached hydrogens (tertiary/aromatic N) is 5. The van der Waals surface area contributed by atoms with Gasteiger partial charge in [0.1, 0.15) is 0 Å². The maximum atomic E-state index is 12.2. The van der Waals surface area contributed by atoms with E-state index in [0.717, 1.165) is 21.7 Å². The molecule has 0 saturated heterocycles. The van der Waals surface area contributed by atoms with Gasteiger partial charge in [0.25, 0.3) is 0 Å². The van der Waals surface area contributed by atoms with E-state index in [4.69, 9.17) is 11.6 Å². The molecule has 0 fully saturated rings. The topological polar surface area (TPSA) is 77.1 Å². The summed E-state index contributed by atoms with van der Waals surface area (Å²) in [6.45, 7) is 1.91. The molecule has 126 valence electrons. The minimum Gasteiger partial charge on any atom is -0.321 e. The van der Waals surface area contributed by atoms with Gasteiger partial charge in [-0.2, -0.15) is 5.10 Å². The van der Waals surface area contributed by atoms with Crippen molar-refractivity contribution >= 4 is 56.6 Å². The molecule has 4 aromatic heterocycles. The van der Waals surface area contributed by atoms with Crippen LogP contribution in [-0.2, 0) is 11.8 Å². The largest absolute Gasteiger partial charge is 0.321 e. The third-order valence-corrected chi connectivity index (χ3v) is 4.81. The van der Waals surface area contributed by atoms with Crippen molar-refractivity contribution in [2.75, 3.05) is 5.32 Å². The Morgan fingerprint density at radius 1 is 1.44 bits per heavy atom. The van der Waals surface area contributed by atoms with Crippen LogP contribution >= 0.6 is 22.9 Å². The predicted molar refractivity (Wildman–Crippen MR) is 99.0 cm³/mol. The summed E-state index contributed by atoms with van der Waals surface area (Å²) in [6, 6.07) is 1.86. The van der Waals surface area contributed by atoms with Crippen LogP contribution in [0.2, 0.25) is 5.15 Å². The van der Waals surface area contributed by atoms with Gasteiger partial charge < -0.3 is 5.32 Å². The van der Waals surface area contributed by atoms with E-state index in [0.29, 0.717) is 16.5 Å². The second-order valence-electron chi connectivity index (χ2n) is 5.47. The SMILES string of the molecule is Cc1nn(C)c2ncc(NC(=O)/C=C/c3c(Cl)nc4sccn34)cc12. The number of imidazole rings is 1. The zero-order chi connectivity index (χ0) is 17.6. The first-order valence-corrected chi connectivity index (χ1v) is 8.68. The molecule has 4 heterocycles. The molecule has 0 saturated carbocycles. The monoisotopic (exact) mass is 372 g/mol. The molecule has 0 unspecified atom stereocenters. The zero-order valence-electron chi connectivity index (χ0n) is 13.4. The van der Waals surface area contributed by atoms with Gasteiger partial charge in [-0.3, -0.25) is 13.9 Å². The summed E-state index contributed by atoms with van der Waals surface area (Å²) in [5, 5.41) is 10.3. The number of nitrogens with one attached hydrogen (secondary N) is 1. The fraction of sp³-hybridized carbons (Fsp3) is 0.125. The van der Waals surface area contributed by atoms with Gasteiger partial charge >= 0.3 is 0 Å². The highest BCUT2D eigenvalue weighted by atomic mass is 35.5. The van der Waals surface area contributed by atoms with Gasteiger partial charge in [0.15, 0.2) is 15.8 Å². The summed E-state index contributed by atoms with van der Waals surface area (Å²) in [7, 11) is 1.84.